The first-order chi connectivity index (χ1) is 3.13. The molecule has 8 heavy (non-hydrogen) atoms. The summed E-state index contributed by atoms with van der Waals surface area (Å²) >= 11 is 0. The highest BCUT2D eigenvalue weighted by Crippen LogP contribution is 1.83. The van der Waals surface area contributed by atoms with Crippen LogP contribution in [0.5, 0.6) is 0 Å². The lowest BCUT2D eigenvalue weighted by Gasteiger charge is -2.10. The number of carboxylic acid groups (broad SMARTS) is 1. The van der Waals surface area contributed by atoms with Crippen molar-refractivity contribution in [1.29, 1.82) is 0 Å². The van der Waals surface area contributed by atoms with Gasteiger partial charge in [0.15, 0.2) is 0 Å². The molecule has 0 saturated heterocycles. The van der Waals surface area contributed by atoms with Gasteiger partial charge < -0.3 is 20.8 Å². The Bertz CT molecular complexity index is 71.7. The van der Waals surface area contributed by atoms with E-state index in [4.69, 9.17) is 0 Å². The van der Waals surface area contributed by atoms with Gasteiger partial charge in [-0.25, -0.2) is 0 Å². The summed E-state index contributed by atoms with van der Waals surface area (Å²) in [5.74, 6) is 0. The van der Waals surface area contributed by atoms with E-state index in [1.165, 1.54) is 0 Å². The molecule has 0 spiro atoms. The van der Waals surface area contributed by atoms with Gasteiger partial charge in [0.05, 0.1) is 0 Å². The van der Waals surface area contributed by atoms with Crippen molar-refractivity contribution >= 4 is 6.16 Å². The van der Waals surface area contributed by atoms with Crippen molar-refractivity contribution in [1.82, 2.24) is 6.15 Å². The molecule has 0 aromatic rings. The van der Waals surface area contributed by atoms with Crippen LogP contribution in [0.4, 0.5) is 4.79 Å². The van der Waals surface area contributed by atoms with Gasteiger partial charge in [-0.05, 0) is 13.8 Å². The highest BCUT2D eigenvalue weighted by atomic mass is 16.7. The standard InChI is InChI=1S/C4H8O3.H3N/c1-3(2)7-4(5)6;/h3H,1-2H3,(H,5,6);1H3. The summed E-state index contributed by atoms with van der Waals surface area (Å²) in [5.41, 5.74) is 0. The Morgan fingerprint density at radius 1 is 1.62 bits per heavy atom. The molecule has 50 valence electrons. The molecular weight excluding hydrogens is 110 g/mol. The van der Waals surface area contributed by atoms with E-state index in [2.05, 4.69) is 4.74 Å². The summed E-state index contributed by atoms with van der Waals surface area (Å²) in [6.45, 7) is 3.24. The molecule has 4 N–H and O–H groups in total. The van der Waals surface area contributed by atoms with Gasteiger partial charge in [0, 0.05) is 6.10 Å². The van der Waals surface area contributed by atoms with Crippen LogP contribution in [-0.4, -0.2) is 12.3 Å². The molecule has 0 aliphatic rings. The molecule has 0 aliphatic heterocycles. The zero-order valence-corrected chi connectivity index (χ0v) is 5.30. The third kappa shape index (κ3) is 8.97. The maximum Gasteiger partial charge on any atom is 0.252 e. The predicted molar refractivity (Wildman–Crippen MR) is 27.6 cm³/mol. The minimum Gasteiger partial charge on any atom is -0.547 e. The Morgan fingerprint density at radius 2 is 2.00 bits per heavy atom. The summed E-state index contributed by atoms with van der Waals surface area (Å²) in [6, 6.07) is 0. The van der Waals surface area contributed by atoms with Crippen molar-refractivity contribution in [3.05, 3.63) is 0 Å². The first-order valence-corrected chi connectivity index (χ1v) is 2.00. The fourth-order valence-electron chi connectivity index (χ4n) is 0.192. The number of rotatable bonds is 1. The second-order valence-corrected chi connectivity index (χ2v) is 1.42. The van der Waals surface area contributed by atoms with E-state index in [1.54, 1.807) is 13.8 Å². The Morgan fingerprint density at radius 3 is 2.00 bits per heavy atom. The van der Waals surface area contributed by atoms with Crippen LogP contribution < -0.4 is 11.3 Å². The van der Waals surface area contributed by atoms with Crippen molar-refractivity contribution < 1.29 is 14.6 Å². The van der Waals surface area contributed by atoms with Crippen LogP contribution in [0, 0.1) is 0 Å². The molecule has 4 heteroatoms. The molecule has 0 atom stereocenters. The number of ether oxygens (including phenoxy) is 1. The number of carbonyl (C=O) groups is 1. The van der Waals surface area contributed by atoms with Crippen molar-refractivity contribution in [2.45, 2.75) is 20.0 Å². The summed E-state index contributed by atoms with van der Waals surface area (Å²) < 4.78 is 4.06. The molecule has 0 aromatic carbocycles. The zero-order chi connectivity index (χ0) is 5.86. The van der Waals surface area contributed by atoms with Gasteiger partial charge in [0.1, 0.15) is 0 Å². The quantitative estimate of drug-likeness (QED) is 0.500. The Kier molecular flexibility index (Phi) is 5.63. The van der Waals surface area contributed by atoms with Gasteiger partial charge in [-0.2, -0.15) is 0 Å². The summed E-state index contributed by atoms with van der Waals surface area (Å²) in [5, 5.41) is 9.48. The van der Waals surface area contributed by atoms with Gasteiger partial charge in [-0.1, -0.05) is 0 Å². The topological polar surface area (TPSA) is 85.9 Å². The minimum absolute atomic E-state index is 0. The number of hydrogen-bond acceptors (Lipinski definition) is 3. The van der Waals surface area contributed by atoms with Crippen LogP contribution in [-0.2, 0) is 4.74 Å². The van der Waals surface area contributed by atoms with Crippen LogP contribution in [0.1, 0.15) is 13.8 Å². The Balaban J connectivity index is 0. The Hall–Kier alpha value is -0.770. The SMILES string of the molecule is CC(C)OC(=O)[O-].[NH4+]. The van der Waals surface area contributed by atoms with Crippen LogP contribution in [0.15, 0.2) is 0 Å². The van der Waals surface area contributed by atoms with Gasteiger partial charge in [0.2, 0.25) is 0 Å². The molecule has 0 heterocycles. The first-order valence-electron chi connectivity index (χ1n) is 2.00. The van der Waals surface area contributed by atoms with E-state index in [1.807, 2.05) is 0 Å². The van der Waals surface area contributed by atoms with E-state index in [9.17, 15) is 9.90 Å². The second kappa shape index (κ2) is 4.39. The average molecular weight is 121 g/mol. The summed E-state index contributed by atoms with van der Waals surface area (Å²) in [6.07, 6.45) is -1.75. The van der Waals surface area contributed by atoms with Gasteiger partial charge in [-0.15, -0.1) is 0 Å². The third-order valence-corrected chi connectivity index (χ3v) is 0.332. The van der Waals surface area contributed by atoms with Gasteiger partial charge in [0.25, 0.3) is 6.16 Å². The molecule has 0 aromatic heterocycles. The van der Waals surface area contributed by atoms with Gasteiger partial charge >= 0.3 is 0 Å². The molecular formula is C4H11NO3. The fraction of sp³-hybridized carbons (Fsp3) is 0.750. The van der Waals surface area contributed by atoms with Crippen LogP contribution in [0.3, 0.4) is 0 Å². The monoisotopic (exact) mass is 121 g/mol. The van der Waals surface area contributed by atoms with E-state index in [0.29, 0.717) is 0 Å². The van der Waals surface area contributed by atoms with Gasteiger partial charge in [-0.3, -0.25) is 0 Å². The highest BCUT2D eigenvalue weighted by Gasteiger charge is 1.85. The molecule has 0 rings (SSSR count). The normalized spacial score (nSPS) is 7.88. The molecule has 0 radical (unpaired) electrons. The predicted octanol–water partition coefficient (Wildman–Crippen LogP) is 0.131. The van der Waals surface area contributed by atoms with E-state index in [-0.39, 0.29) is 12.3 Å². The number of hydrogen-bond donors (Lipinski definition) is 1. The number of carbonyl (C=O) groups excluding carboxylic acids is 1. The molecule has 0 amide bonds. The van der Waals surface area contributed by atoms with Crippen LogP contribution in [0.25, 0.3) is 0 Å². The molecule has 0 saturated carbocycles. The lowest BCUT2D eigenvalue weighted by atomic mass is 10.5. The fourth-order valence-corrected chi connectivity index (χ4v) is 0.192. The summed E-state index contributed by atoms with van der Waals surface area (Å²) in [4.78, 5) is 9.48. The first kappa shape index (κ1) is 10.3. The third-order valence-electron chi connectivity index (χ3n) is 0.332. The maximum absolute atomic E-state index is 9.48. The molecule has 4 nitrogen and oxygen atoms in total. The van der Waals surface area contributed by atoms with E-state index in [0.717, 1.165) is 0 Å². The van der Waals surface area contributed by atoms with Crippen molar-refractivity contribution in [3.8, 4) is 0 Å². The average Bonchev–Trinajstić information content (AvgIpc) is 1.27. The largest absolute Gasteiger partial charge is 0.547 e. The smallest absolute Gasteiger partial charge is 0.252 e. The van der Waals surface area contributed by atoms with Crippen molar-refractivity contribution in [2.24, 2.45) is 0 Å². The van der Waals surface area contributed by atoms with Crippen LogP contribution in [0.2, 0.25) is 0 Å². The lowest BCUT2D eigenvalue weighted by Crippen LogP contribution is -2.26. The van der Waals surface area contributed by atoms with E-state index >= 15 is 0 Å². The molecule has 0 fully saturated rings. The van der Waals surface area contributed by atoms with Crippen molar-refractivity contribution in [2.75, 3.05) is 0 Å². The molecule has 0 unspecified atom stereocenters. The number of quaternary nitrogens is 1. The van der Waals surface area contributed by atoms with Crippen LogP contribution >= 0.6 is 0 Å². The summed E-state index contributed by atoms with van der Waals surface area (Å²) in [7, 11) is 0. The van der Waals surface area contributed by atoms with E-state index < -0.39 is 6.16 Å². The Labute approximate surface area is 48.0 Å². The van der Waals surface area contributed by atoms with Crippen molar-refractivity contribution in [3.63, 3.8) is 0 Å². The highest BCUT2D eigenvalue weighted by molar-refractivity contribution is 5.54. The lowest BCUT2D eigenvalue weighted by molar-refractivity contribution is -0.286. The maximum atomic E-state index is 9.48. The molecule has 0 bridgehead atoms. The zero-order valence-electron chi connectivity index (χ0n) is 5.30. The second-order valence-electron chi connectivity index (χ2n) is 1.42. The minimum atomic E-state index is -1.46. The molecule has 0 aliphatic carbocycles.